The number of hydrogen-bond acceptors (Lipinski definition) is 3. The van der Waals surface area contributed by atoms with Crippen LogP contribution < -0.4 is 5.11 Å². The molecule has 0 amide bonds. The standard InChI is InChI=1S/C20H12Cl2O4/c21-15-9-11(5-7-17(15)23)19(12-6-8-18(24)16(22)10-12)13-3-1-2-4-14(13)20(25)26/h1-10,23H,(H,25,26)/p-1/b19-12-. The Bertz CT molecular complexity index is 1020. The summed E-state index contributed by atoms with van der Waals surface area (Å²) in [7, 11) is 0. The van der Waals surface area contributed by atoms with Crippen molar-refractivity contribution in [2.45, 2.75) is 0 Å². The molecule has 0 aliphatic heterocycles. The second kappa shape index (κ2) is 7.20. The fraction of sp³-hybridized carbons (Fsp3) is 0. The maximum atomic E-state index is 11.7. The molecule has 0 aromatic heterocycles. The molecular weight excluding hydrogens is 375 g/mol. The van der Waals surface area contributed by atoms with Gasteiger partial charge in [-0.15, -0.1) is 0 Å². The minimum absolute atomic E-state index is 0.0133. The Hall–Kier alpha value is -2.82. The number of ketones is 1. The first-order valence-corrected chi connectivity index (χ1v) is 8.27. The quantitative estimate of drug-likeness (QED) is 0.859. The maximum absolute atomic E-state index is 11.7. The zero-order valence-electron chi connectivity index (χ0n) is 13.2. The fourth-order valence-electron chi connectivity index (χ4n) is 2.68. The molecule has 2 aromatic carbocycles. The molecule has 1 aliphatic rings. The SMILES string of the molecule is O=C1C=C/C(=C(\c2ccc([O-])c(Cl)c2)c2ccccc2C(=O)O)C=C1Cl. The van der Waals surface area contributed by atoms with Crippen LogP contribution in [0, 0.1) is 0 Å². The molecule has 2 aromatic rings. The second-order valence-electron chi connectivity index (χ2n) is 5.52. The highest BCUT2D eigenvalue weighted by atomic mass is 35.5. The van der Waals surface area contributed by atoms with E-state index in [1.807, 2.05) is 0 Å². The number of hydrogen-bond donors (Lipinski definition) is 1. The molecule has 3 rings (SSSR count). The van der Waals surface area contributed by atoms with Crippen LogP contribution in [-0.4, -0.2) is 16.9 Å². The molecule has 0 saturated carbocycles. The van der Waals surface area contributed by atoms with E-state index in [9.17, 15) is 19.8 Å². The third kappa shape index (κ3) is 3.43. The second-order valence-corrected chi connectivity index (χ2v) is 6.33. The van der Waals surface area contributed by atoms with Gasteiger partial charge in [0.25, 0.3) is 0 Å². The van der Waals surface area contributed by atoms with Gasteiger partial charge in [0, 0.05) is 5.02 Å². The van der Waals surface area contributed by atoms with Gasteiger partial charge < -0.3 is 10.2 Å². The van der Waals surface area contributed by atoms with Crippen molar-refractivity contribution in [3.05, 3.63) is 93.0 Å². The van der Waals surface area contributed by atoms with E-state index in [1.165, 1.54) is 30.4 Å². The van der Waals surface area contributed by atoms with Crippen molar-refractivity contribution < 1.29 is 19.8 Å². The van der Waals surface area contributed by atoms with Crippen LogP contribution in [0.1, 0.15) is 21.5 Å². The van der Waals surface area contributed by atoms with Gasteiger partial charge in [-0.05, 0) is 46.6 Å². The highest BCUT2D eigenvalue weighted by molar-refractivity contribution is 6.45. The lowest BCUT2D eigenvalue weighted by atomic mass is 9.88. The molecule has 1 N–H and O–H groups in total. The van der Waals surface area contributed by atoms with Crippen LogP contribution in [0.3, 0.4) is 0 Å². The molecule has 6 heteroatoms. The third-order valence-electron chi connectivity index (χ3n) is 3.87. The number of benzene rings is 2. The Morgan fingerprint density at radius 1 is 1.00 bits per heavy atom. The third-order valence-corrected chi connectivity index (χ3v) is 4.46. The Morgan fingerprint density at radius 2 is 1.69 bits per heavy atom. The lowest BCUT2D eigenvalue weighted by Gasteiger charge is -2.18. The largest absolute Gasteiger partial charge is 0.871 e. The summed E-state index contributed by atoms with van der Waals surface area (Å²) < 4.78 is 0. The Morgan fingerprint density at radius 3 is 2.31 bits per heavy atom. The van der Waals surface area contributed by atoms with E-state index in [1.54, 1.807) is 30.3 Å². The first-order chi connectivity index (χ1) is 12.4. The van der Waals surface area contributed by atoms with E-state index in [4.69, 9.17) is 23.2 Å². The van der Waals surface area contributed by atoms with Crippen LogP contribution in [0.4, 0.5) is 0 Å². The van der Waals surface area contributed by atoms with E-state index >= 15 is 0 Å². The van der Waals surface area contributed by atoms with Crippen molar-refractivity contribution >= 4 is 40.5 Å². The number of carbonyl (C=O) groups excluding carboxylic acids is 1. The molecule has 0 atom stereocenters. The topological polar surface area (TPSA) is 77.4 Å². The van der Waals surface area contributed by atoms with Crippen LogP contribution >= 0.6 is 23.2 Å². The fourth-order valence-corrected chi connectivity index (χ4v) is 3.04. The minimum Gasteiger partial charge on any atom is -0.871 e. The predicted molar refractivity (Wildman–Crippen MR) is 98.4 cm³/mol. The Kier molecular flexibility index (Phi) is 4.98. The summed E-state index contributed by atoms with van der Waals surface area (Å²) >= 11 is 11.9. The summed E-state index contributed by atoms with van der Waals surface area (Å²) in [6.07, 6.45) is 4.34. The lowest BCUT2D eigenvalue weighted by molar-refractivity contribution is -0.268. The molecule has 0 unspecified atom stereocenters. The summed E-state index contributed by atoms with van der Waals surface area (Å²) in [5.74, 6) is -1.78. The summed E-state index contributed by atoms with van der Waals surface area (Å²) in [4.78, 5) is 23.3. The van der Waals surface area contributed by atoms with Crippen molar-refractivity contribution in [1.82, 2.24) is 0 Å². The van der Waals surface area contributed by atoms with E-state index in [0.29, 0.717) is 22.3 Å². The summed E-state index contributed by atoms with van der Waals surface area (Å²) in [5, 5.41) is 21.2. The number of carboxylic acids is 1. The zero-order chi connectivity index (χ0) is 18.8. The minimum atomic E-state index is -1.10. The summed E-state index contributed by atoms with van der Waals surface area (Å²) in [6, 6.07) is 10.8. The molecule has 0 fully saturated rings. The number of allylic oxidation sites excluding steroid dienone is 5. The van der Waals surface area contributed by atoms with Crippen LogP contribution in [0.15, 0.2) is 71.3 Å². The van der Waals surface area contributed by atoms with E-state index in [2.05, 4.69) is 0 Å². The predicted octanol–water partition coefficient (Wildman–Crippen LogP) is 4.18. The van der Waals surface area contributed by atoms with Gasteiger partial charge in [0.05, 0.1) is 10.6 Å². The molecule has 0 saturated heterocycles. The van der Waals surface area contributed by atoms with Crippen molar-refractivity contribution in [1.29, 1.82) is 0 Å². The summed E-state index contributed by atoms with van der Waals surface area (Å²) in [6.45, 7) is 0. The van der Waals surface area contributed by atoms with Crippen molar-refractivity contribution in [3.8, 4) is 5.75 Å². The zero-order valence-corrected chi connectivity index (χ0v) is 14.7. The van der Waals surface area contributed by atoms with Gasteiger partial charge in [0.1, 0.15) is 0 Å². The first kappa shape index (κ1) is 18.0. The number of aromatic carboxylic acids is 1. The monoisotopic (exact) mass is 385 g/mol. The number of carboxylic acid groups (broad SMARTS) is 1. The maximum Gasteiger partial charge on any atom is 0.336 e. The average molecular weight is 386 g/mol. The van der Waals surface area contributed by atoms with Gasteiger partial charge in [-0.1, -0.05) is 65.4 Å². The van der Waals surface area contributed by atoms with E-state index < -0.39 is 5.97 Å². The molecule has 1 aliphatic carbocycles. The van der Waals surface area contributed by atoms with Gasteiger partial charge in [0.2, 0.25) is 0 Å². The molecule has 4 nitrogen and oxygen atoms in total. The Balaban J connectivity index is 2.35. The lowest BCUT2D eigenvalue weighted by Crippen LogP contribution is -2.06. The van der Waals surface area contributed by atoms with Gasteiger partial charge in [0.15, 0.2) is 5.78 Å². The number of rotatable bonds is 3. The molecule has 0 bridgehead atoms. The van der Waals surface area contributed by atoms with Crippen LogP contribution in [0.25, 0.3) is 5.57 Å². The van der Waals surface area contributed by atoms with Crippen molar-refractivity contribution in [3.63, 3.8) is 0 Å². The summed E-state index contributed by atoms with van der Waals surface area (Å²) in [5.41, 5.74) is 2.08. The van der Waals surface area contributed by atoms with Crippen molar-refractivity contribution in [2.24, 2.45) is 0 Å². The Labute approximate surface area is 159 Å². The molecule has 0 radical (unpaired) electrons. The van der Waals surface area contributed by atoms with Crippen LogP contribution in [0.2, 0.25) is 5.02 Å². The van der Waals surface area contributed by atoms with Crippen LogP contribution in [-0.2, 0) is 4.79 Å². The van der Waals surface area contributed by atoms with Crippen LogP contribution in [0.5, 0.6) is 5.75 Å². The van der Waals surface area contributed by atoms with E-state index in [0.717, 1.165) is 0 Å². The number of carbonyl (C=O) groups is 2. The smallest absolute Gasteiger partial charge is 0.336 e. The molecule has 130 valence electrons. The highest BCUT2D eigenvalue weighted by Crippen LogP contribution is 2.35. The van der Waals surface area contributed by atoms with E-state index in [-0.39, 0.29) is 27.2 Å². The highest BCUT2D eigenvalue weighted by Gasteiger charge is 2.19. The first-order valence-electron chi connectivity index (χ1n) is 7.52. The van der Waals surface area contributed by atoms with Gasteiger partial charge in [-0.2, -0.15) is 0 Å². The van der Waals surface area contributed by atoms with Crippen molar-refractivity contribution in [2.75, 3.05) is 0 Å². The van der Waals surface area contributed by atoms with Gasteiger partial charge in [-0.3, -0.25) is 4.79 Å². The molecule has 26 heavy (non-hydrogen) atoms. The van der Waals surface area contributed by atoms with Gasteiger partial charge in [-0.25, -0.2) is 4.79 Å². The average Bonchev–Trinajstić information content (AvgIpc) is 2.61. The molecule has 0 heterocycles. The number of halogens is 2. The molecular formula is C20H11Cl2O4-. The van der Waals surface area contributed by atoms with Gasteiger partial charge >= 0.3 is 5.97 Å². The normalized spacial score (nSPS) is 15.6. The molecule has 0 spiro atoms.